The maximum atomic E-state index is 13.3. The van der Waals surface area contributed by atoms with Gasteiger partial charge in [-0.25, -0.2) is 8.78 Å². The third-order valence-electron chi connectivity index (χ3n) is 4.83. The molecule has 1 saturated carbocycles. The Labute approximate surface area is 123 Å². The van der Waals surface area contributed by atoms with Crippen molar-refractivity contribution >= 4 is 5.78 Å². The summed E-state index contributed by atoms with van der Waals surface area (Å²) in [6, 6.07) is 3.42. The van der Waals surface area contributed by atoms with E-state index >= 15 is 0 Å². The zero-order valence-corrected chi connectivity index (χ0v) is 12.0. The monoisotopic (exact) mass is 294 g/mol. The fourth-order valence-electron chi connectivity index (χ4n) is 3.68. The van der Waals surface area contributed by atoms with Gasteiger partial charge >= 0.3 is 0 Å². The summed E-state index contributed by atoms with van der Waals surface area (Å²) in [6.07, 6.45) is 6.92. The van der Waals surface area contributed by atoms with Gasteiger partial charge in [0.25, 0.3) is 0 Å². The summed E-state index contributed by atoms with van der Waals surface area (Å²) in [7, 11) is 0. The highest BCUT2D eigenvalue weighted by atomic mass is 19.2. The van der Waals surface area contributed by atoms with Gasteiger partial charge in [0, 0.05) is 18.1 Å². The van der Waals surface area contributed by atoms with Gasteiger partial charge in [-0.15, -0.1) is 0 Å². The van der Waals surface area contributed by atoms with Gasteiger partial charge in [-0.3, -0.25) is 4.79 Å². The van der Waals surface area contributed by atoms with Crippen LogP contribution in [0.25, 0.3) is 0 Å². The van der Waals surface area contributed by atoms with Crippen LogP contribution < -0.4 is 0 Å². The van der Waals surface area contributed by atoms with Gasteiger partial charge in [0.05, 0.1) is 5.60 Å². The minimum atomic E-state index is -0.958. The lowest BCUT2D eigenvalue weighted by atomic mass is 9.74. The van der Waals surface area contributed by atoms with Gasteiger partial charge in [0.15, 0.2) is 17.4 Å². The topological polar surface area (TPSA) is 26.3 Å². The van der Waals surface area contributed by atoms with Crippen molar-refractivity contribution in [2.75, 3.05) is 6.61 Å². The maximum absolute atomic E-state index is 13.3. The lowest BCUT2D eigenvalue weighted by Gasteiger charge is -2.43. The van der Waals surface area contributed by atoms with Gasteiger partial charge in [0.1, 0.15) is 0 Å². The quantitative estimate of drug-likeness (QED) is 0.761. The summed E-state index contributed by atoms with van der Waals surface area (Å²) in [6.45, 7) is 0.583. The van der Waals surface area contributed by atoms with Crippen LogP contribution in [0.3, 0.4) is 0 Å². The molecule has 4 heteroatoms. The third-order valence-corrected chi connectivity index (χ3v) is 4.83. The molecule has 0 N–H and O–H groups in total. The number of hydrogen-bond donors (Lipinski definition) is 0. The third kappa shape index (κ3) is 3.00. The number of ketones is 1. The van der Waals surface area contributed by atoms with Crippen molar-refractivity contribution in [3.8, 4) is 0 Å². The van der Waals surface area contributed by atoms with Crippen LogP contribution in [0.4, 0.5) is 8.78 Å². The van der Waals surface area contributed by atoms with Gasteiger partial charge in [-0.2, -0.15) is 0 Å². The van der Waals surface area contributed by atoms with Crippen molar-refractivity contribution in [3.63, 3.8) is 0 Å². The SMILES string of the molecule is O=C(c1ccc(F)c(F)c1)C1CCOC2(CCCCC2)C1. The zero-order valence-electron chi connectivity index (χ0n) is 12.0. The molecular weight excluding hydrogens is 274 g/mol. The molecule has 2 nitrogen and oxygen atoms in total. The minimum absolute atomic E-state index is 0.0813. The Balaban J connectivity index is 1.76. The van der Waals surface area contributed by atoms with Crippen LogP contribution in [0, 0.1) is 17.6 Å². The van der Waals surface area contributed by atoms with E-state index in [1.165, 1.54) is 12.5 Å². The summed E-state index contributed by atoms with van der Waals surface area (Å²) in [5.41, 5.74) is 0.113. The van der Waals surface area contributed by atoms with E-state index in [2.05, 4.69) is 0 Å². The molecule has 3 rings (SSSR count). The average Bonchev–Trinajstić information content (AvgIpc) is 2.50. The Hall–Kier alpha value is -1.29. The number of benzene rings is 1. The van der Waals surface area contributed by atoms with E-state index in [9.17, 15) is 13.6 Å². The molecule has 0 bridgehead atoms. The Morgan fingerprint density at radius 3 is 2.62 bits per heavy atom. The zero-order chi connectivity index (χ0) is 14.9. The molecule has 21 heavy (non-hydrogen) atoms. The summed E-state index contributed by atoms with van der Waals surface area (Å²) < 4.78 is 32.3. The van der Waals surface area contributed by atoms with Crippen LogP contribution in [0.5, 0.6) is 0 Å². The standard InChI is InChI=1S/C17H20F2O2/c18-14-5-4-12(10-15(14)19)16(20)13-6-9-21-17(11-13)7-2-1-3-8-17/h4-5,10,13H,1-3,6-9,11H2. The van der Waals surface area contributed by atoms with Crippen molar-refractivity contribution in [2.45, 2.75) is 50.5 Å². The fourth-order valence-corrected chi connectivity index (χ4v) is 3.68. The van der Waals surface area contributed by atoms with Crippen LogP contribution in [0.2, 0.25) is 0 Å². The molecule has 0 radical (unpaired) electrons. The number of carbonyl (C=O) groups is 1. The molecule has 1 aromatic carbocycles. The molecule has 2 aliphatic rings. The van der Waals surface area contributed by atoms with Crippen molar-refractivity contribution in [2.24, 2.45) is 5.92 Å². The van der Waals surface area contributed by atoms with Gasteiger partial charge in [-0.1, -0.05) is 19.3 Å². The molecular formula is C17H20F2O2. The number of ether oxygens (including phenoxy) is 1. The van der Waals surface area contributed by atoms with Gasteiger partial charge in [0.2, 0.25) is 0 Å². The molecule has 1 saturated heterocycles. The average molecular weight is 294 g/mol. The summed E-state index contributed by atoms with van der Waals surface area (Å²) in [5.74, 6) is -2.09. The predicted molar refractivity (Wildman–Crippen MR) is 75.2 cm³/mol. The molecule has 1 heterocycles. The molecule has 2 fully saturated rings. The molecule has 1 unspecified atom stereocenters. The summed E-state index contributed by atoms with van der Waals surface area (Å²) in [4.78, 5) is 12.5. The van der Waals surface area contributed by atoms with Crippen molar-refractivity contribution < 1.29 is 18.3 Å². The van der Waals surface area contributed by atoms with E-state index in [4.69, 9.17) is 4.74 Å². The van der Waals surface area contributed by atoms with Gasteiger partial charge in [-0.05, 0) is 43.9 Å². The first kappa shape index (κ1) is 14.6. The molecule has 1 aromatic rings. The van der Waals surface area contributed by atoms with E-state index in [-0.39, 0.29) is 22.9 Å². The first-order valence-electron chi connectivity index (χ1n) is 7.73. The molecule has 1 aliphatic carbocycles. The molecule has 0 amide bonds. The van der Waals surface area contributed by atoms with Crippen LogP contribution in [0.15, 0.2) is 18.2 Å². The lowest BCUT2D eigenvalue weighted by Crippen LogP contribution is -2.43. The Morgan fingerprint density at radius 1 is 1.14 bits per heavy atom. The second-order valence-corrected chi connectivity index (χ2v) is 6.27. The van der Waals surface area contributed by atoms with Crippen molar-refractivity contribution in [1.29, 1.82) is 0 Å². The number of rotatable bonds is 2. The van der Waals surface area contributed by atoms with Crippen LogP contribution in [0.1, 0.15) is 55.3 Å². The van der Waals surface area contributed by atoms with Crippen LogP contribution >= 0.6 is 0 Å². The maximum Gasteiger partial charge on any atom is 0.166 e. The fraction of sp³-hybridized carbons (Fsp3) is 0.588. The summed E-state index contributed by atoms with van der Waals surface area (Å²) in [5, 5.41) is 0. The first-order chi connectivity index (χ1) is 10.1. The molecule has 1 aliphatic heterocycles. The molecule has 114 valence electrons. The number of Topliss-reactive ketones (excluding diaryl/α,β-unsaturated/α-hetero) is 1. The van der Waals surface area contributed by atoms with E-state index in [0.717, 1.165) is 37.8 Å². The summed E-state index contributed by atoms with van der Waals surface area (Å²) >= 11 is 0. The van der Waals surface area contributed by atoms with E-state index in [1.54, 1.807) is 0 Å². The molecule has 1 spiro atoms. The van der Waals surface area contributed by atoms with Crippen LogP contribution in [-0.2, 0) is 4.74 Å². The first-order valence-corrected chi connectivity index (χ1v) is 7.73. The number of halogens is 2. The lowest BCUT2D eigenvalue weighted by molar-refractivity contribution is -0.111. The number of hydrogen-bond acceptors (Lipinski definition) is 2. The van der Waals surface area contributed by atoms with Crippen molar-refractivity contribution in [3.05, 3.63) is 35.4 Å². The van der Waals surface area contributed by atoms with E-state index in [1.807, 2.05) is 0 Å². The highest BCUT2D eigenvalue weighted by Gasteiger charge is 2.40. The smallest absolute Gasteiger partial charge is 0.166 e. The Morgan fingerprint density at radius 2 is 1.90 bits per heavy atom. The second kappa shape index (κ2) is 5.84. The minimum Gasteiger partial charge on any atom is -0.375 e. The molecule has 1 atom stereocenters. The Kier molecular flexibility index (Phi) is 4.07. The molecule has 0 aromatic heterocycles. The Bertz CT molecular complexity index is 530. The largest absolute Gasteiger partial charge is 0.375 e. The predicted octanol–water partition coefficient (Wildman–Crippen LogP) is 4.28. The van der Waals surface area contributed by atoms with Crippen molar-refractivity contribution in [1.82, 2.24) is 0 Å². The van der Waals surface area contributed by atoms with E-state index in [0.29, 0.717) is 19.4 Å². The normalized spacial score (nSPS) is 25.0. The second-order valence-electron chi connectivity index (χ2n) is 6.27. The highest BCUT2D eigenvalue weighted by Crippen LogP contribution is 2.41. The highest BCUT2D eigenvalue weighted by molar-refractivity contribution is 5.98. The van der Waals surface area contributed by atoms with E-state index < -0.39 is 11.6 Å². The van der Waals surface area contributed by atoms with Gasteiger partial charge < -0.3 is 4.74 Å². The number of carbonyl (C=O) groups excluding carboxylic acids is 1. The van der Waals surface area contributed by atoms with Crippen LogP contribution in [-0.4, -0.2) is 18.0 Å².